The van der Waals surface area contributed by atoms with Gasteiger partial charge in [-0.2, -0.15) is 0 Å². The van der Waals surface area contributed by atoms with Gasteiger partial charge >= 0.3 is 0 Å². The number of aromatic nitrogens is 2. The summed E-state index contributed by atoms with van der Waals surface area (Å²) in [6.07, 6.45) is 6.20. The van der Waals surface area contributed by atoms with Gasteiger partial charge in [-0.25, -0.2) is 9.98 Å². The fourth-order valence-electron chi connectivity index (χ4n) is 3.98. The van der Waals surface area contributed by atoms with Gasteiger partial charge in [0.2, 0.25) is 0 Å². The van der Waals surface area contributed by atoms with Gasteiger partial charge in [-0.3, -0.25) is 4.90 Å². The molecule has 0 radical (unpaired) electrons. The van der Waals surface area contributed by atoms with E-state index in [1.165, 1.54) is 11.1 Å². The normalized spacial score (nSPS) is 16.2. The Morgan fingerprint density at radius 1 is 1.23 bits per heavy atom. The Morgan fingerprint density at radius 3 is 2.70 bits per heavy atom. The van der Waals surface area contributed by atoms with Gasteiger partial charge in [0, 0.05) is 51.2 Å². The van der Waals surface area contributed by atoms with Crippen molar-refractivity contribution in [2.45, 2.75) is 66.2 Å². The second-order valence-corrected chi connectivity index (χ2v) is 8.71. The van der Waals surface area contributed by atoms with Gasteiger partial charge in [0.1, 0.15) is 12.4 Å². The SMILES string of the molecule is CCNC(=NCc1nccn1CC(C)C)NC1CCN(Cc2ccccc2C)CC1. The Morgan fingerprint density at radius 2 is 2.00 bits per heavy atom. The number of hydrogen-bond acceptors (Lipinski definition) is 3. The number of benzene rings is 1. The van der Waals surface area contributed by atoms with E-state index in [1.54, 1.807) is 0 Å². The van der Waals surface area contributed by atoms with Gasteiger partial charge in [0.15, 0.2) is 5.96 Å². The maximum Gasteiger partial charge on any atom is 0.191 e. The molecule has 0 atom stereocenters. The van der Waals surface area contributed by atoms with E-state index >= 15 is 0 Å². The van der Waals surface area contributed by atoms with Crippen LogP contribution in [0.25, 0.3) is 0 Å². The first-order valence-electron chi connectivity index (χ1n) is 11.4. The zero-order valence-electron chi connectivity index (χ0n) is 19.1. The highest BCUT2D eigenvalue weighted by Gasteiger charge is 2.20. The maximum absolute atomic E-state index is 4.81. The first-order chi connectivity index (χ1) is 14.5. The van der Waals surface area contributed by atoms with Crippen molar-refractivity contribution < 1.29 is 0 Å². The van der Waals surface area contributed by atoms with Crippen LogP contribution in [0.1, 0.15) is 50.6 Å². The van der Waals surface area contributed by atoms with E-state index in [-0.39, 0.29) is 0 Å². The molecule has 0 bridgehead atoms. The standard InChI is InChI=1S/C24H38N6/c1-5-25-24(27-16-23-26-12-15-30(23)17-19(2)3)28-22-10-13-29(14-11-22)18-21-9-7-6-8-20(21)4/h6-9,12,15,19,22H,5,10-11,13-14,16-18H2,1-4H3,(H2,25,27,28). The second-order valence-electron chi connectivity index (χ2n) is 8.71. The van der Waals surface area contributed by atoms with Crippen LogP contribution in [0.3, 0.4) is 0 Å². The molecule has 0 amide bonds. The lowest BCUT2D eigenvalue weighted by molar-refractivity contribution is 0.198. The average Bonchev–Trinajstić information content (AvgIpc) is 3.16. The highest BCUT2D eigenvalue weighted by molar-refractivity contribution is 5.80. The molecular weight excluding hydrogens is 372 g/mol. The molecule has 0 unspecified atom stereocenters. The van der Waals surface area contributed by atoms with Crippen LogP contribution in [0.4, 0.5) is 0 Å². The van der Waals surface area contributed by atoms with Crippen LogP contribution in [0.15, 0.2) is 41.7 Å². The lowest BCUT2D eigenvalue weighted by atomic mass is 10.0. The minimum absolute atomic E-state index is 0.464. The summed E-state index contributed by atoms with van der Waals surface area (Å²) < 4.78 is 2.21. The topological polar surface area (TPSA) is 57.5 Å². The number of aliphatic imine (C=N–C) groups is 1. The highest BCUT2D eigenvalue weighted by Crippen LogP contribution is 2.16. The number of imidazole rings is 1. The first kappa shape index (κ1) is 22.3. The van der Waals surface area contributed by atoms with E-state index in [4.69, 9.17) is 4.99 Å². The van der Waals surface area contributed by atoms with Gasteiger partial charge in [-0.15, -0.1) is 0 Å². The molecule has 6 heteroatoms. The third kappa shape index (κ3) is 6.59. The molecule has 1 aromatic carbocycles. The van der Waals surface area contributed by atoms with Gasteiger partial charge in [0.05, 0.1) is 0 Å². The Hall–Kier alpha value is -2.34. The highest BCUT2D eigenvalue weighted by atomic mass is 15.2. The van der Waals surface area contributed by atoms with Crippen molar-refractivity contribution in [2.75, 3.05) is 19.6 Å². The lowest BCUT2D eigenvalue weighted by Crippen LogP contribution is -2.48. The summed E-state index contributed by atoms with van der Waals surface area (Å²) in [5.74, 6) is 2.51. The fraction of sp³-hybridized carbons (Fsp3) is 0.583. The fourth-order valence-corrected chi connectivity index (χ4v) is 3.98. The Balaban J connectivity index is 1.52. The van der Waals surface area contributed by atoms with E-state index in [2.05, 4.69) is 83.2 Å². The van der Waals surface area contributed by atoms with E-state index in [0.717, 1.165) is 57.3 Å². The summed E-state index contributed by atoms with van der Waals surface area (Å²) in [4.78, 5) is 11.9. The van der Waals surface area contributed by atoms with Crippen LogP contribution in [0, 0.1) is 12.8 Å². The zero-order valence-corrected chi connectivity index (χ0v) is 19.1. The molecule has 1 aliphatic rings. The summed E-state index contributed by atoms with van der Waals surface area (Å²) >= 11 is 0. The predicted molar refractivity (Wildman–Crippen MR) is 124 cm³/mol. The van der Waals surface area contributed by atoms with E-state index in [0.29, 0.717) is 18.5 Å². The summed E-state index contributed by atoms with van der Waals surface area (Å²) in [5.41, 5.74) is 2.82. The molecule has 1 fully saturated rings. The molecule has 30 heavy (non-hydrogen) atoms. The van der Waals surface area contributed by atoms with E-state index in [1.807, 2.05) is 6.20 Å². The van der Waals surface area contributed by atoms with Crippen LogP contribution in [0.2, 0.25) is 0 Å². The number of nitrogens with zero attached hydrogens (tertiary/aromatic N) is 4. The minimum atomic E-state index is 0.464. The maximum atomic E-state index is 4.81. The summed E-state index contributed by atoms with van der Waals surface area (Å²) in [5, 5.41) is 7.05. The Bertz CT molecular complexity index is 802. The Kier molecular flexibility index (Phi) is 8.31. The molecule has 2 N–H and O–H groups in total. The quantitative estimate of drug-likeness (QED) is 0.516. The number of likely N-dealkylation sites (tertiary alicyclic amines) is 1. The number of nitrogens with one attached hydrogen (secondary N) is 2. The van der Waals surface area contributed by atoms with Crippen molar-refractivity contribution in [1.29, 1.82) is 0 Å². The number of aryl methyl sites for hydroxylation is 1. The molecule has 3 rings (SSSR count). The third-order valence-corrected chi connectivity index (χ3v) is 5.67. The molecular formula is C24H38N6. The molecule has 1 aliphatic heterocycles. The van der Waals surface area contributed by atoms with E-state index in [9.17, 15) is 0 Å². The molecule has 0 aliphatic carbocycles. The molecule has 1 aromatic heterocycles. The average molecular weight is 411 g/mol. The largest absolute Gasteiger partial charge is 0.357 e. The van der Waals surface area contributed by atoms with Crippen LogP contribution < -0.4 is 10.6 Å². The molecule has 2 heterocycles. The number of hydrogen-bond donors (Lipinski definition) is 2. The summed E-state index contributed by atoms with van der Waals surface area (Å²) in [6.45, 7) is 14.5. The predicted octanol–water partition coefficient (Wildman–Crippen LogP) is 3.57. The van der Waals surface area contributed by atoms with Gasteiger partial charge in [-0.1, -0.05) is 38.1 Å². The van der Waals surface area contributed by atoms with Crippen molar-refractivity contribution in [1.82, 2.24) is 25.1 Å². The number of rotatable bonds is 8. The molecule has 0 saturated carbocycles. The first-order valence-corrected chi connectivity index (χ1v) is 11.4. The van der Waals surface area contributed by atoms with Gasteiger partial charge in [0.25, 0.3) is 0 Å². The molecule has 0 spiro atoms. The second kappa shape index (κ2) is 11.2. The third-order valence-electron chi connectivity index (χ3n) is 5.67. The monoisotopic (exact) mass is 410 g/mol. The van der Waals surface area contributed by atoms with Crippen molar-refractivity contribution >= 4 is 5.96 Å². The van der Waals surface area contributed by atoms with E-state index < -0.39 is 0 Å². The molecule has 1 saturated heterocycles. The molecule has 164 valence electrons. The van der Waals surface area contributed by atoms with Crippen LogP contribution >= 0.6 is 0 Å². The smallest absolute Gasteiger partial charge is 0.191 e. The molecule has 6 nitrogen and oxygen atoms in total. The Labute approximate surface area is 181 Å². The summed E-state index contributed by atoms with van der Waals surface area (Å²) in [6, 6.07) is 9.17. The van der Waals surface area contributed by atoms with Crippen molar-refractivity contribution in [3.8, 4) is 0 Å². The van der Waals surface area contributed by atoms with Crippen LogP contribution in [-0.4, -0.2) is 46.1 Å². The van der Waals surface area contributed by atoms with Gasteiger partial charge < -0.3 is 15.2 Å². The van der Waals surface area contributed by atoms with Crippen molar-refractivity contribution in [3.05, 3.63) is 53.6 Å². The van der Waals surface area contributed by atoms with Crippen LogP contribution in [-0.2, 0) is 19.6 Å². The minimum Gasteiger partial charge on any atom is -0.357 e. The number of piperidine rings is 1. The zero-order chi connectivity index (χ0) is 21.3. The molecule has 2 aromatic rings. The van der Waals surface area contributed by atoms with Gasteiger partial charge in [-0.05, 0) is 43.7 Å². The van der Waals surface area contributed by atoms with Crippen molar-refractivity contribution in [2.24, 2.45) is 10.9 Å². The lowest BCUT2D eigenvalue weighted by Gasteiger charge is -2.33. The van der Waals surface area contributed by atoms with Crippen molar-refractivity contribution in [3.63, 3.8) is 0 Å². The van der Waals surface area contributed by atoms with Crippen LogP contribution in [0.5, 0.6) is 0 Å². The summed E-state index contributed by atoms with van der Waals surface area (Å²) in [7, 11) is 0. The number of guanidine groups is 1.